The summed E-state index contributed by atoms with van der Waals surface area (Å²) in [6.07, 6.45) is 0.0947. The van der Waals surface area contributed by atoms with E-state index in [2.05, 4.69) is 15.5 Å². The third-order valence-electron chi connectivity index (χ3n) is 3.76. The van der Waals surface area contributed by atoms with Crippen LogP contribution in [0.4, 0.5) is 5.69 Å². The van der Waals surface area contributed by atoms with E-state index in [1.54, 1.807) is 43.5 Å². The summed E-state index contributed by atoms with van der Waals surface area (Å²) in [5.41, 5.74) is 1.42. The van der Waals surface area contributed by atoms with E-state index in [9.17, 15) is 14.9 Å². The maximum atomic E-state index is 12.0. The van der Waals surface area contributed by atoms with Crippen LogP contribution in [0, 0.1) is 10.1 Å². The van der Waals surface area contributed by atoms with Gasteiger partial charge in [-0.2, -0.15) is 4.98 Å². The third kappa shape index (κ3) is 4.66. The molecule has 0 fully saturated rings. The standard InChI is InChI=1S/C18H16N4O5/c1-26-15-8-4-13(5-9-15)18-20-17(27-21-18)11-19-16(23)10-12-2-6-14(7-3-12)22(24)25/h2-9H,10-11H2,1H3,(H,19,23). The highest BCUT2D eigenvalue weighted by Gasteiger charge is 2.11. The zero-order chi connectivity index (χ0) is 19.2. The van der Waals surface area contributed by atoms with Crippen LogP contribution in [-0.2, 0) is 17.8 Å². The Morgan fingerprint density at radius 1 is 1.19 bits per heavy atom. The SMILES string of the molecule is COc1ccc(-c2noc(CNC(=O)Cc3ccc([N+](=O)[O-])cc3)n2)cc1. The molecule has 0 aliphatic rings. The van der Waals surface area contributed by atoms with Crippen LogP contribution in [0.2, 0.25) is 0 Å². The second-order valence-corrected chi connectivity index (χ2v) is 5.62. The monoisotopic (exact) mass is 368 g/mol. The topological polar surface area (TPSA) is 120 Å². The number of nitrogens with one attached hydrogen (secondary N) is 1. The number of carbonyl (C=O) groups excluding carboxylic acids is 1. The van der Waals surface area contributed by atoms with Crippen LogP contribution in [0.5, 0.6) is 5.75 Å². The fourth-order valence-corrected chi connectivity index (χ4v) is 2.34. The van der Waals surface area contributed by atoms with Gasteiger partial charge in [-0.05, 0) is 29.8 Å². The van der Waals surface area contributed by atoms with E-state index >= 15 is 0 Å². The quantitative estimate of drug-likeness (QED) is 0.502. The Morgan fingerprint density at radius 3 is 2.52 bits per heavy atom. The number of hydrogen-bond donors (Lipinski definition) is 1. The largest absolute Gasteiger partial charge is 0.497 e. The summed E-state index contributed by atoms with van der Waals surface area (Å²) in [6, 6.07) is 13.0. The van der Waals surface area contributed by atoms with Gasteiger partial charge in [0.05, 0.1) is 25.0 Å². The molecule has 0 atom stereocenters. The van der Waals surface area contributed by atoms with Crippen molar-refractivity contribution in [2.45, 2.75) is 13.0 Å². The summed E-state index contributed by atoms with van der Waals surface area (Å²) >= 11 is 0. The molecule has 0 unspecified atom stereocenters. The smallest absolute Gasteiger partial charge is 0.269 e. The van der Waals surface area contributed by atoms with Crippen LogP contribution in [0.25, 0.3) is 11.4 Å². The van der Waals surface area contributed by atoms with Gasteiger partial charge in [-0.1, -0.05) is 17.3 Å². The molecule has 3 rings (SSSR count). The first-order valence-corrected chi connectivity index (χ1v) is 8.02. The molecule has 1 heterocycles. The molecule has 9 nitrogen and oxygen atoms in total. The average Bonchev–Trinajstić information content (AvgIpc) is 3.16. The lowest BCUT2D eigenvalue weighted by atomic mass is 10.1. The molecule has 0 saturated carbocycles. The molecule has 2 aromatic carbocycles. The number of carbonyl (C=O) groups is 1. The molecule has 27 heavy (non-hydrogen) atoms. The molecule has 138 valence electrons. The Hall–Kier alpha value is -3.75. The molecule has 0 aliphatic heterocycles. The number of methoxy groups -OCH3 is 1. The number of ether oxygens (including phenoxy) is 1. The fourth-order valence-electron chi connectivity index (χ4n) is 2.34. The summed E-state index contributed by atoms with van der Waals surface area (Å²) < 4.78 is 10.2. The average molecular weight is 368 g/mol. The van der Waals surface area contributed by atoms with Gasteiger partial charge >= 0.3 is 0 Å². The number of rotatable bonds is 7. The molecular formula is C18H16N4O5. The predicted molar refractivity (Wildman–Crippen MR) is 94.9 cm³/mol. The molecule has 0 saturated heterocycles. The summed E-state index contributed by atoms with van der Waals surface area (Å²) in [4.78, 5) is 26.4. The van der Waals surface area contributed by atoms with E-state index in [0.29, 0.717) is 11.4 Å². The molecule has 1 aromatic heterocycles. The van der Waals surface area contributed by atoms with Crippen molar-refractivity contribution in [1.29, 1.82) is 0 Å². The van der Waals surface area contributed by atoms with Crippen molar-refractivity contribution in [2.75, 3.05) is 7.11 Å². The highest BCUT2D eigenvalue weighted by molar-refractivity contribution is 5.78. The number of nitro groups is 1. The Balaban J connectivity index is 1.54. The first-order chi connectivity index (χ1) is 13.0. The normalized spacial score (nSPS) is 10.4. The zero-order valence-corrected chi connectivity index (χ0v) is 14.4. The number of non-ortho nitro benzene ring substituents is 1. The molecule has 0 bridgehead atoms. The number of hydrogen-bond acceptors (Lipinski definition) is 7. The summed E-state index contributed by atoms with van der Waals surface area (Å²) in [7, 11) is 1.58. The highest BCUT2D eigenvalue weighted by atomic mass is 16.6. The number of amides is 1. The van der Waals surface area contributed by atoms with Crippen molar-refractivity contribution in [3.8, 4) is 17.1 Å². The number of nitrogens with zero attached hydrogens (tertiary/aromatic N) is 3. The van der Waals surface area contributed by atoms with E-state index in [1.807, 2.05) is 0 Å². The van der Waals surface area contributed by atoms with Crippen LogP contribution < -0.4 is 10.1 Å². The van der Waals surface area contributed by atoms with Gasteiger partial charge in [-0.25, -0.2) is 0 Å². The summed E-state index contributed by atoms with van der Waals surface area (Å²) in [5, 5.41) is 17.2. The van der Waals surface area contributed by atoms with Gasteiger partial charge in [0.1, 0.15) is 5.75 Å². The van der Waals surface area contributed by atoms with Crippen molar-refractivity contribution in [2.24, 2.45) is 0 Å². The molecule has 0 radical (unpaired) electrons. The second-order valence-electron chi connectivity index (χ2n) is 5.62. The zero-order valence-electron chi connectivity index (χ0n) is 14.4. The summed E-state index contributed by atoms with van der Waals surface area (Å²) in [5.74, 6) is 1.16. The number of aromatic nitrogens is 2. The minimum Gasteiger partial charge on any atom is -0.497 e. The van der Waals surface area contributed by atoms with Crippen molar-refractivity contribution < 1.29 is 19.0 Å². The van der Waals surface area contributed by atoms with Crippen LogP contribution in [-0.4, -0.2) is 28.1 Å². The minimum atomic E-state index is -0.486. The Labute approximate surface area is 154 Å². The van der Waals surface area contributed by atoms with E-state index in [1.165, 1.54) is 12.1 Å². The van der Waals surface area contributed by atoms with Gasteiger partial charge in [0, 0.05) is 17.7 Å². The lowest BCUT2D eigenvalue weighted by molar-refractivity contribution is -0.384. The molecule has 9 heteroatoms. The Morgan fingerprint density at radius 2 is 1.89 bits per heavy atom. The van der Waals surface area contributed by atoms with E-state index in [0.717, 1.165) is 11.3 Å². The van der Waals surface area contributed by atoms with Crippen molar-refractivity contribution in [3.05, 3.63) is 70.1 Å². The highest BCUT2D eigenvalue weighted by Crippen LogP contribution is 2.19. The van der Waals surface area contributed by atoms with Gasteiger partial charge in [0.15, 0.2) is 0 Å². The fraction of sp³-hybridized carbons (Fsp3) is 0.167. The molecule has 1 amide bonds. The third-order valence-corrected chi connectivity index (χ3v) is 3.76. The number of benzene rings is 2. The van der Waals surface area contributed by atoms with Crippen molar-refractivity contribution in [1.82, 2.24) is 15.5 Å². The molecule has 1 N–H and O–H groups in total. The maximum absolute atomic E-state index is 12.0. The van der Waals surface area contributed by atoms with Crippen LogP contribution >= 0.6 is 0 Å². The summed E-state index contributed by atoms with van der Waals surface area (Å²) in [6.45, 7) is 0.0922. The molecule has 0 aliphatic carbocycles. The van der Waals surface area contributed by atoms with Crippen molar-refractivity contribution in [3.63, 3.8) is 0 Å². The van der Waals surface area contributed by atoms with E-state index in [4.69, 9.17) is 9.26 Å². The molecule has 0 spiro atoms. The van der Waals surface area contributed by atoms with Gasteiger partial charge in [0.2, 0.25) is 17.6 Å². The lowest BCUT2D eigenvalue weighted by Crippen LogP contribution is -2.24. The van der Waals surface area contributed by atoms with Gasteiger partial charge in [0.25, 0.3) is 5.69 Å². The first-order valence-electron chi connectivity index (χ1n) is 8.02. The lowest BCUT2D eigenvalue weighted by Gasteiger charge is -2.02. The Kier molecular flexibility index (Phi) is 5.41. The van der Waals surface area contributed by atoms with Gasteiger partial charge < -0.3 is 14.6 Å². The van der Waals surface area contributed by atoms with E-state index in [-0.39, 0.29) is 30.5 Å². The second kappa shape index (κ2) is 8.09. The van der Waals surface area contributed by atoms with Gasteiger partial charge in [-0.3, -0.25) is 14.9 Å². The molecular weight excluding hydrogens is 352 g/mol. The minimum absolute atomic E-state index is 0.0175. The van der Waals surface area contributed by atoms with Crippen LogP contribution in [0.15, 0.2) is 53.1 Å². The predicted octanol–water partition coefficient (Wildman–Crippen LogP) is 2.51. The molecule has 3 aromatic rings. The van der Waals surface area contributed by atoms with E-state index < -0.39 is 4.92 Å². The Bertz CT molecular complexity index is 935. The van der Waals surface area contributed by atoms with Crippen LogP contribution in [0.1, 0.15) is 11.5 Å². The number of nitro benzene ring substituents is 1. The van der Waals surface area contributed by atoms with Crippen LogP contribution in [0.3, 0.4) is 0 Å². The van der Waals surface area contributed by atoms with Gasteiger partial charge in [-0.15, -0.1) is 0 Å². The first kappa shape index (κ1) is 18.1. The maximum Gasteiger partial charge on any atom is 0.269 e. The van der Waals surface area contributed by atoms with Crippen molar-refractivity contribution >= 4 is 11.6 Å².